The van der Waals surface area contributed by atoms with Crippen molar-refractivity contribution < 1.29 is 4.74 Å². The zero-order valence-corrected chi connectivity index (χ0v) is 27.8. The monoisotopic (exact) mass is 652 g/mol. The Morgan fingerprint density at radius 1 is 0.431 bits per heavy atom. The number of hydrogen-bond donors (Lipinski definition) is 0. The minimum atomic E-state index is -0.000910. The van der Waals surface area contributed by atoms with Crippen LogP contribution >= 0.6 is 0 Å². The molecular weight excluding hydrogens is 621 g/mol. The summed E-state index contributed by atoms with van der Waals surface area (Å²) in [6.07, 6.45) is 6.65. The predicted octanol–water partition coefficient (Wildman–Crippen LogP) is 12.0. The summed E-state index contributed by atoms with van der Waals surface area (Å²) in [6.45, 7) is 0. The maximum absolute atomic E-state index is 6.48. The Balaban J connectivity index is 0.999. The van der Waals surface area contributed by atoms with Gasteiger partial charge in [0.25, 0.3) is 0 Å². The van der Waals surface area contributed by atoms with E-state index in [0.717, 1.165) is 11.4 Å². The Bertz CT molecular complexity index is 2890. The summed E-state index contributed by atoms with van der Waals surface area (Å²) in [5.41, 5.74) is 13.3. The highest BCUT2D eigenvalue weighted by molar-refractivity contribution is 6.12. The van der Waals surface area contributed by atoms with Crippen LogP contribution in [-0.2, 0) is 0 Å². The summed E-state index contributed by atoms with van der Waals surface area (Å²) in [5, 5.41) is 5.02. The van der Waals surface area contributed by atoms with Gasteiger partial charge in [-0.05, 0) is 83.4 Å². The molecule has 3 nitrogen and oxygen atoms in total. The van der Waals surface area contributed by atoms with E-state index in [4.69, 9.17) is 4.74 Å². The number of benzene rings is 7. The van der Waals surface area contributed by atoms with Crippen LogP contribution in [0.3, 0.4) is 0 Å². The van der Waals surface area contributed by atoms with Crippen molar-refractivity contribution in [3.63, 3.8) is 0 Å². The fraction of sp³-hybridized carbons (Fsp3) is 0.0417. The molecule has 9 aromatic rings. The maximum Gasteiger partial charge on any atom is 0.135 e. The fourth-order valence-electron chi connectivity index (χ4n) is 8.57. The summed E-state index contributed by atoms with van der Waals surface area (Å²) in [7, 11) is 0. The molecule has 2 atom stereocenters. The van der Waals surface area contributed by atoms with Crippen molar-refractivity contribution in [2.24, 2.45) is 0 Å². The molecule has 3 heterocycles. The van der Waals surface area contributed by atoms with Gasteiger partial charge in [-0.3, -0.25) is 0 Å². The number of ether oxygens (including phenoxy) is 1. The van der Waals surface area contributed by atoms with Crippen molar-refractivity contribution in [1.29, 1.82) is 0 Å². The molecule has 3 heteroatoms. The summed E-state index contributed by atoms with van der Waals surface area (Å²) in [6, 6.07) is 59.4. The van der Waals surface area contributed by atoms with Crippen LogP contribution in [0.2, 0.25) is 0 Å². The van der Waals surface area contributed by atoms with Gasteiger partial charge >= 0.3 is 0 Å². The van der Waals surface area contributed by atoms with Gasteiger partial charge in [0.2, 0.25) is 0 Å². The van der Waals surface area contributed by atoms with E-state index in [2.05, 4.69) is 191 Å². The summed E-state index contributed by atoms with van der Waals surface area (Å²) >= 11 is 0. The number of nitrogens with zero attached hydrogens (tertiary/aromatic N) is 2. The van der Waals surface area contributed by atoms with E-state index in [1.54, 1.807) is 0 Å². The molecule has 0 saturated heterocycles. The topological polar surface area (TPSA) is 19.1 Å². The van der Waals surface area contributed by atoms with Crippen molar-refractivity contribution in [3.05, 3.63) is 193 Å². The molecule has 51 heavy (non-hydrogen) atoms. The summed E-state index contributed by atoms with van der Waals surface area (Å²) < 4.78 is 11.3. The Hall–Kier alpha value is -6.58. The lowest BCUT2D eigenvalue weighted by Crippen LogP contribution is -2.21. The van der Waals surface area contributed by atoms with Crippen LogP contribution in [0.4, 0.5) is 0 Å². The van der Waals surface area contributed by atoms with Crippen LogP contribution in [-0.4, -0.2) is 15.2 Å². The average Bonchev–Trinajstić information content (AvgIpc) is 3.86. The molecule has 11 rings (SSSR count). The average molecular weight is 653 g/mol. The van der Waals surface area contributed by atoms with E-state index in [-0.39, 0.29) is 12.0 Å². The van der Waals surface area contributed by atoms with Crippen LogP contribution < -0.4 is 4.74 Å². The van der Waals surface area contributed by atoms with E-state index >= 15 is 0 Å². The number of aromatic nitrogens is 2. The first-order valence-electron chi connectivity index (χ1n) is 17.7. The number of fused-ring (bicyclic) bond motifs is 9. The van der Waals surface area contributed by atoms with Crippen molar-refractivity contribution in [2.45, 2.75) is 12.0 Å². The first kappa shape index (κ1) is 28.3. The van der Waals surface area contributed by atoms with Crippen molar-refractivity contribution in [2.75, 3.05) is 0 Å². The molecule has 0 spiro atoms. The number of rotatable bonds is 4. The lowest BCUT2D eigenvalue weighted by molar-refractivity contribution is 0.278. The maximum atomic E-state index is 6.48. The van der Waals surface area contributed by atoms with Crippen molar-refractivity contribution in [1.82, 2.24) is 9.13 Å². The van der Waals surface area contributed by atoms with E-state index in [1.807, 2.05) is 0 Å². The Morgan fingerprint density at radius 2 is 0.961 bits per heavy atom. The van der Waals surface area contributed by atoms with Gasteiger partial charge in [0.15, 0.2) is 0 Å². The second-order valence-corrected chi connectivity index (χ2v) is 13.7. The van der Waals surface area contributed by atoms with E-state index in [1.165, 1.54) is 77.1 Å². The Morgan fingerprint density at radius 3 is 1.63 bits per heavy atom. The molecule has 2 unspecified atom stereocenters. The summed E-state index contributed by atoms with van der Waals surface area (Å²) in [4.78, 5) is 0. The Labute approximate surface area is 295 Å². The first-order valence-corrected chi connectivity index (χ1v) is 17.7. The van der Waals surface area contributed by atoms with Crippen molar-refractivity contribution >= 4 is 49.2 Å². The third kappa shape index (κ3) is 4.25. The quantitative estimate of drug-likeness (QED) is 0.185. The highest BCUT2D eigenvalue weighted by atomic mass is 16.5. The number of hydrogen-bond acceptors (Lipinski definition) is 1. The molecule has 2 aliphatic rings. The van der Waals surface area contributed by atoms with Gasteiger partial charge in [-0.1, -0.05) is 115 Å². The second-order valence-electron chi connectivity index (χ2n) is 13.7. The van der Waals surface area contributed by atoms with Gasteiger partial charge in [-0.2, -0.15) is 0 Å². The molecule has 2 aromatic heterocycles. The third-order valence-electron chi connectivity index (χ3n) is 10.9. The molecule has 1 aliphatic carbocycles. The van der Waals surface area contributed by atoms with Gasteiger partial charge in [0.05, 0.1) is 22.1 Å². The van der Waals surface area contributed by atoms with Gasteiger partial charge in [-0.25, -0.2) is 0 Å². The van der Waals surface area contributed by atoms with Gasteiger partial charge in [-0.15, -0.1) is 0 Å². The molecular formula is C48H32N2O. The van der Waals surface area contributed by atoms with Gasteiger partial charge in [0, 0.05) is 50.0 Å². The van der Waals surface area contributed by atoms with Crippen LogP contribution in [0.15, 0.2) is 182 Å². The number of para-hydroxylation sites is 4. The number of allylic oxidation sites excluding steroid dienone is 2. The lowest BCUT2D eigenvalue weighted by atomic mass is 9.84. The molecule has 0 fully saturated rings. The highest BCUT2D eigenvalue weighted by Gasteiger charge is 2.36. The van der Waals surface area contributed by atoms with Crippen LogP contribution in [0, 0.1) is 0 Å². The smallest absolute Gasteiger partial charge is 0.135 e. The normalized spacial score (nSPS) is 16.4. The molecule has 1 aliphatic heterocycles. The summed E-state index contributed by atoms with van der Waals surface area (Å²) in [5.74, 6) is 1.24. The SMILES string of the molecule is C1=CC2c3ccccc3OC2C(c2ccc(-n3c4ccccc4c4cc(-c5ccc6c(c5)c5ccccc5n6-c5ccccc5)ccc43)cc2)=C1. The first-order chi connectivity index (χ1) is 25.3. The molecule has 0 bridgehead atoms. The minimum Gasteiger partial charge on any atom is -0.484 e. The van der Waals surface area contributed by atoms with Gasteiger partial charge in [0.1, 0.15) is 11.9 Å². The van der Waals surface area contributed by atoms with Crippen LogP contribution in [0.5, 0.6) is 5.75 Å². The molecule has 0 amide bonds. The highest BCUT2D eigenvalue weighted by Crippen LogP contribution is 2.46. The van der Waals surface area contributed by atoms with E-state index < -0.39 is 0 Å². The molecule has 240 valence electrons. The largest absolute Gasteiger partial charge is 0.484 e. The molecule has 7 aromatic carbocycles. The Kier molecular flexibility index (Phi) is 6.08. The van der Waals surface area contributed by atoms with Gasteiger partial charge < -0.3 is 13.9 Å². The molecule has 0 N–H and O–H groups in total. The molecule has 0 radical (unpaired) electrons. The minimum absolute atomic E-state index is 0.000910. The third-order valence-corrected chi connectivity index (χ3v) is 10.9. The zero-order chi connectivity index (χ0) is 33.5. The van der Waals surface area contributed by atoms with E-state index in [0.29, 0.717) is 0 Å². The zero-order valence-electron chi connectivity index (χ0n) is 27.8. The van der Waals surface area contributed by atoms with Crippen LogP contribution in [0.25, 0.3) is 71.7 Å². The lowest BCUT2D eigenvalue weighted by Gasteiger charge is -2.23. The van der Waals surface area contributed by atoms with Crippen molar-refractivity contribution in [3.8, 4) is 28.3 Å². The second kappa shape index (κ2) is 11.0. The predicted molar refractivity (Wildman–Crippen MR) is 211 cm³/mol. The van der Waals surface area contributed by atoms with E-state index in [9.17, 15) is 0 Å². The standard InChI is InChI=1S/C48H32N2O/c1-2-11-34(12-3-1)49-43-18-7-4-13-37(43)41-29-32(23-27-45(41)49)33-24-28-46-42(30-33)38-14-5-8-19-44(38)50(46)35-25-21-31(22-26-35)36-16-10-17-40-39-15-6-9-20-47(39)51-48(36)40/h1-30,40,48H. The van der Waals surface area contributed by atoms with Crippen LogP contribution in [0.1, 0.15) is 17.0 Å². The fourth-order valence-corrected chi connectivity index (χ4v) is 8.57. The molecule has 0 saturated carbocycles.